The largest absolute Gasteiger partial charge is 0.422 e. The molecule has 2 heterocycles. The van der Waals surface area contributed by atoms with Crippen molar-refractivity contribution in [3.8, 4) is 0 Å². The van der Waals surface area contributed by atoms with Crippen molar-refractivity contribution in [2.24, 2.45) is 0 Å². The molecule has 0 spiro atoms. The fourth-order valence-electron chi connectivity index (χ4n) is 2.95. The van der Waals surface area contributed by atoms with E-state index in [-0.39, 0.29) is 5.63 Å². The molecule has 0 unspecified atom stereocenters. The van der Waals surface area contributed by atoms with Gasteiger partial charge in [0.1, 0.15) is 5.58 Å². The first-order valence-electron chi connectivity index (χ1n) is 8.82. The second-order valence-electron chi connectivity index (χ2n) is 6.63. The van der Waals surface area contributed by atoms with Gasteiger partial charge in [-0.25, -0.2) is 4.79 Å². The zero-order valence-electron chi connectivity index (χ0n) is 15.8. The number of benzene rings is 2. The predicted molar refractivity (Wildman–Crippen MR) is 116 cm³/mol. The minimum atomic E-state index is -0.323. The number of nitrogens with zero attached hydrogens (tertiary/aromatic N) is 2. The molecule has 0 saturated carbocycles. The molecule has 142 valence electrons. The van der Waals surface area contributed by atoms with Crippen LogP contribution in [0, 0.1) is 20.8 Å². The Balaban J connectivity index is 1.53. The van der Waals surface area contributed by atoms with Gasteiger partial charge in [0.15, 0.2) is 4.34 Å². The van der Waals surface area contributed by atoms with Crippen LogP contribution in [0.2, 0.25) is 0 Å². The lowest BCUT2D eigenvalue weighted by atomic mass is 10.0. The molecule has 5 nitrogen and oxygen atoms in total. The molecule has 0 bridgehead atoms. The van der Waals surface area contributed by atoms with Crippen LogP contribution in [0.3, 0.4) is 0 Å². The van der Waals surface area contributed by atoms with Crippen LogP contribution >= 0.6 is 23.1 Å². The monoisotopic (exact) mass is 409 g/mol. The molecule has 7 heteroatoms. The number of rotatable bonds is 5. The molecule has 0 radical (unpaired) electrons. The summed E-state index contributed by atoms with van der Waals surface area (Å²) >= 11 is 3.06. The Morgan fingerprint density at radius 2 is 1.96 bits per heavy atom. The lowest BCUT2D eigenvalue weighted by molar-refractivity contribution is 0.557. The summed E-state index contributed by atoms with van der Waals surface area (Å²) in [5.41, 5.74) is 5.58. The molecule has 0 saturated heterocycles. The Morgan fingerprint density at radius 1 is 1.11 bits per heavy atom. The molecule has 28 heavy (non-hydrogen) atoms. The Labute approximate surface area is 170 Å². The number of fused-ring (bicyclic) bond motifs is 1. The predicted octanol–water partition coefficient (Wildman–Crippen LogP) is 5.61. The zero-order valence-corrected chi connectivity index (χ0v) is 17.4. The second-order valence-corrected chi connectivity index (χ2v) is 8.83. The Kier molecular flexibility index (Phi) is 5.19. The van der Waals surface area contributed by atoms with Crippen molar-refractivity contribution >= 4 is 44.9 Å². The molecule has 0 amide bonds. The Morgan fingerprint density at radius 3 is 2.79 bits per heavy atom. The summed E-state index contributed by atoms with van der Waals surface area (Å²) < 4.78 is 6.29. The maximum Gasteiger partial charge on any atom is 0.336 e. The van der Waals surface area contributed by atoms with Crippen LogP contribution in [0.1, 0.15) is 22.3 Å². The van der Waals surface area contributed by atoms with Crippen LogP contribution in [0.25, 0.3) is 11.0 Å². The fraction of sp³-hybridized carbons (Fsp3) is 0.190. The molecule has 0 atom stereocenters. The smallest absolute Gasteiger partial charge is 0.336 e. The zero-order chi connectivity index (χ0) is 19.7. The maximum absolute atomic E-state index is 12.0. The average Bonchev–Trinajstić information content (AvgIpc) is 3.10. The standard InChI is InChI=1S/C21H19N3O2S2/c1-12-5-4-6-16(9-12)22-20-23-24-21(28-20)27-11-15-10-18(25)26-19-14(3)13(2)7-8-17(15)19/h4-10H,11H2,1-3H3,(H,22,23). The van der Waals surface area contributed by atoms with E-state index in [0.717, 1.165) is 37.2 Å². The average molecular weight is 410 g/mol. The summed E-state index contributed by atoms with van der Waals surface area (Å²) in [6.45, 7) is 6.04. The lowest BCUT2D eigenvalue weighted by Gasteiger charge is -2.08. The quantitative estimate of drug-likeness (QED) is 0.341. The van der Waals surface area contributed by atoms with E-state index in [2.05, 4.69) is 40.6 Å². The van der Waals surface area contributed by atoms with Crippen molar-refractivity contribution in [2.75, 3.05) is 5.32 Å². The summed E-state index contributed by atoms with van der Waals surface area (Å²) in [7, 11) is 0. The van der Waals surface area contributed by atoms with E-state index in [1.54, 1.807) is 17.8 Å². The topological polar surface area (TPSA) is 68.0 Å². The van der Waals surface area contributed by atoms with Gasteiger partial charge in [0, 0.05) is 22.9 Å². The van der Waals surface area contributed by atoms with Crippen molar-refractivity contribution in [1.82, 2.24) is 10.2 Å². The van der Waals surface area contributed by atoms with Gasteiger partial charge in [0.05, 0.1) is 0 Å². The highest BCUT2D eigenvalue weighted by Gasteiger charge is 2.12. The first-order chi connectivity index (χ1) is 13.5. The van der Waals surface area contributed by atoms with Gasteiger partial charge in [-0.15, -0.1) is 10.2 Å². The number of hydrogen-bond acceptors (Lipinski definition) is 7. The molecule has 1 N–H and O–H groups in total. The number of aromatic nitrogens is 2. The summed E-state index contributed by atoms with van der Waals surface area (Å²) in [6.07, 6.45) is 0. The normalized spacial score (nSPS) is 11.1. The fourth-order valence-corrected chi connectivity index (χ4v) is 4.71. The lowest BCUT2D eigenvalue weighted by Crippen LogP contribution is -2.01. The van der Waals surface area contributed by atoms with Crippen LogP contribution in [0.15, 0.2) is 56.0 Å². The van der Waals surface area contributed by atoms with E-state index < -0.39 is 0 Å². The van der Waals surface area contributed by atoms with Gasteiger partial charge in [0.25, 0.3) is 0 Å². The third-order valence-electron chi connectivity index (χ3n) is 4.54. The molecule has 2 aromatic carbocycles. The van der Waals surface area contributed by atoms with Gasteiger partial charge in [-0.2, -0.15) is 0 Å². The second kappa shape index (κ2) is 7.77. The highest BCUT2D eigenvalue weighted by molar-refractivity contribution is 8.00. The van der Waals surface area contributed by atoms with E-state index in [9.17, 15) is 4.79 Å². The van der Waals surface area contributed by atoms with E-state index >= 15 is 0 Å². The summed E-state index contributed by atoms with van der Waals surface area (Å²) in [5, 5.41) is 13.5. The summed E-state index contributed by atoms with van der Waals surface area (Å²) in [5.74, 6) is 0.629. The van der Waals surface area contributed by atoms with Gasteiger partial charge >= 0.3 is 5.63 Å². The Hall–Kier alpha value is -2.64. The molecule has 4 aromatic rings. The van der Waals surface area contributed by atoms with Gasteiger partial charge < -0.3 is 9.73 Å². The number of thioether (sulfide) groups is 1. The highest BCUT2D eigenvalue weighted by Crippen LogP contribution is 2.32. The minimum Gasteiger partial charge on any atom is -0.422 e. The van der Waals surface area contributed by atoms with Crippen molar-refractivity contribution in [3.63, 3.8) is 0 Å². The van der Waals surface area contributed by atoms with Crippen molar-refractivity contribution in [3.05, 3.63) is 75.1 Å². The highest BCUT2D eigenvalue weighted by atomic mass is 32.2. The molecular formula is C21H19N3O2S2. The van der Waals surface area contributed by atoms with Gasteiger partial charge in [0.2, 0.25) is 5.13 Å². The number of anilines is 2. The summed E-state index contributed by atoms with van der Waals surface area (Å²) in [4.78, 5) is 12.0. The maximum atomic E-state index is 12.0. The van der Waals surface area contributed by atoms with Gasteiger partial charge in [-0.3, -0.25) is 0 Å². The van der Waals surface area contributed by atoms with E-state index in [1.807, 2.05) is 32.0 Å². The van der Waals surface area contributed by atoms with Crippen LogP contribution in [0.5, 0.6) is 0 Å². The van der Waals surface area contributed by atoms with Gasteiger partial charge in [-0.1, -0.05) is 47.4 Å². The van der Waals surface area contributed by atoms with Crippen molar-refractivity contribution in [2.45, 2.75) is 30.9 Å². The van der Waals surface area contributed by atoms with Crippen LogP contribution in [-0.2, 0) is 5.75 Å². The first kappa shape index (κ1) is 18.7. The van der Waals surface area contributed by atoms with Crippen LogP contribution < -0.4 is 10.9 Å². The third-order valence-corrected chi connectivity index (χ3v) is 6.57. The van der Waals surface area contributed by atoms with Crippen molar-refractivity contribution < 1.29 is 4.42 Å². The summed E-state index contributed by atoms with van der Waals surface area (Å²) in [6, 6.07) is 13.8. The Bertz CT molecular complexity index is 1210. The molecule has 0 aliphatic rings. The third kappa shape index (κ3) is 3.95. The number of hydrogen-bond donors (Lipinski definition) is 1. The van der Waals surface area contributed by atoms with E-state index in [4.69, 9.17) is 4.42 Å². The SMILES string of the molecule is Cc1cccc(Nc2nnc(SCc3cc(=O)oc4c(C)c(C)ccc34)s2)c1. The molecule has 0 aliphatic heterocycles. The van der Waals surface area contributed by atoms with E-state index in [1.165, 1.54) is 16.9 Å². The molecule has 2 aromatic heterocycles. The molecule has 0 aliphatic carbocycles. The number of aryl methyl sites for hydroxylation is 3. The first-order valence-corrected chi connectivity index (χ1v) is 10.6. The molecule has 4 rings (SSSR count). The van der Waals surface area contributed by atoms with Crippen LogP contribution in [-0.4, -0.2) is 10.2 Å². The van der Waals surface area contributed by atoms with Gasteiger partial charge in [-0.05, 0) is 55.2 Å². The van der Waals surface area contributed by atoms with Crippen LogP contribution in [0.4, 0.5) is 10.8 Å². The van der Waals surface area contributed by atoms with E-state index in [0.29, 0.717) is 11.3 Å². The molecule has 0 fully saturated rings. The minimum absolute atomic E-state index is 0.323. The number of nitrogens with one attached hydrogen (secondary N) is 1. The van der Waals surface area contributed by atoms with Crippen molar-refractivity contribution in [1.29, 1.82) is 0 Å². The molecular weight excluding hydrogens is 390 g/mol.